The molecule has 24 heavy (non-hydrogen) atoms. The van der Waals surface area contributed by atoms with Crippen molar-refractivity contribution in [1.29, 1.82) is 0 Å². The minimum atomic E-state index is 0.142. The Labute approximate surface area is 142 Å². The van der Waals surface area contributed by atoms with E-state index in [2.05, 4.69) is 24.0 Å². The number of carbonyl (C=O) groups is 1. The van der Waals surface area contributed by atoms with E-state index in [0.717, 1.165) is 37.2 Å². The van der Waals surface area contributed by atoms with Crippen LogP contribution in [0.5, 0.6) is 5.75 Å². The van der Waals surface area contributed by atoms with Crippen molar-refractivity contribution in [2.45, 2.75) is 39.5 Å². The lowest BCUT2D eigenvalue weighted by molar-refractivity contribution is -0.131. The summed E-state index contributed by atoms with van der Waals surface area (Å²) < 4.78 is 10.8. The summed E-state index contributed by atoms with van der Waals surface area (Å²) in [6.45, 7) is 5.76. The van der Waals surface area contributed by atoms with Gasteiger partial charge in [0, 0.05) is 31.5 Å². The zero-order valence-corrected chi connectivity index (χ0v) is 14.6. The van der Waals surface area contributed by atoms with E-state index < -0.39 is 0 Å². The maximum absolute atomic E-state index is 12.3. The monoisotopic (exact) mass is 331 g/mol. The molecule has 0 N–H and O–H groups in total. The molecule has 1 heterocycles. The number of rotatable bonds is 9. The molecule has 1 aromatic heterocycles. The van der Waals surface area contributed by atoms with Crippen molar-refractivity contribution in [3.8, 4) is 17.2 Å². The molecule has 2 aromatic rings. The molecular formula is C18H25N3O3. The van der Waals surface area contributed by atoms with Crippen LogP contribution in [0, 0.1) is 0 Å². The summed E-state index contributed by atoms with van der Waals surface area (Å²) in [5.74, 6) is 1.86. The van der Waals surface area contributed by atoms with Crippen LogP contribution in [0.25, 0.3) is 11.5 Å². The summed E-state index contributed by atoms with van der Waals surface area (Å²) in [6.07, 6.45) is 2.79. The predicted octanol–water partition coefficient (Wildman–Crippen LogP) is 3.33. The van der Waals surface area contributed by atoms with Crippen LogP contribution in [0.3, 0.4) is 0 Å². The summed E-state index contributed by atoms with van der Waals surface area (Å²) in [7, 11) is 1.62. The van der Waals surface area contributed by atoms with Crippen LogP contribution in [0.1, 0.15) is 39.0 Å². The third kappa shape index (κ3) is 4.81. The van der Waals surface area contributed by atoms with Crippen LogP contribution in [-0.2, 0) is 11.2 Å². The van der Waals surface area contributed by atoms with Gasteiger partial charge in [0.2, 0.25) is 17.7 Å². The highest BCUT2D eigenvalue weighted by atomic mass is 16.5. The summed E-state index contributed by atoms with van der Waals surface area (Å²) in [6, 6.07) is 7.42. The van der Waals surface area contributed by atoms with Gasteiger partial charge in [-0.2, -0.15) is 0 Å². The van der Waals surface area contributed by atoms with Crippen LogP contribution in [0.2, 0.25) is 0 Å². The fourth-order valence-corrected chi connectivity index (χ4v) is 2.48. The number of ether oxygens (including phenoxy) is 1. The first-order valence-corrected chi connectivity index (χ1v) is 8.42. The van der Waals surface area contributed by atoms with E-state index in [1.807, 2.05) is 29.2 Å². The SMILES string of the molecule is CCCN(CCC)C(=O)CCc1nnc(-c2ccc(OC)cc2)o1. The Bertz CT molecular complexity index is 631. The van der Waals surface area contributed by atoms with E-state index in [1.54, 1.807) is 7.11 Å². The average molecular weight is 331 g/mol. The minimum Gasteiger partial charge on any atom is -0.497 e. The number of benzene rings is 1. The third-order valence-corrected chi connectivity index (χ3v) is 3.70. The van der Waals surface area contributed by atoms with Gasteiger partial charge in [-0.1, -0.05) is 13.8 Å². The van der Waals surface area contributed by atoms with Crippen LogP contribution < -0.4 is 4.74 Å². The Balaban J connectivity index is 1.94. The molecule has 0 aliphatic rings. The summed E-state index contributed by atoms with van der Waals surface area (Å²) in [5.41, 5.74) is 0.833. The van der Waals surface area contributed by atoms with Crippen molar-refractivity contribution in [1.82, 2.24) is 15.1 Å². The molecule has 0 fully saturated rings. The van der Waals surface area contributed by atoms with Gasteiger partial charge in [0.15, 0.2) is 0 Å². The van der Waals surface area contributed by atoms with Crippen LogP contribution in [-0.4, -0.2) is 41.2 Å². The van der Waals surface area contributed by atoms with Gasteiger partial charge in [0.25, 0.3) is 0 Å². The molecule has 0 saturated carbocycles. The molecule has 1 amide bonds. The molecule has 0 atom stereocenters. The summed E-state index contributed by atoms with van der Waals surface area (Å²) in [5, 5.41) is 8.09. The third-order valence-electron chi connectivity index (χ3n) is 3.70. The Kier molecular flexibility index (Phi) is 6.78. The number of nitrogens with zero attached hydrogens (tertiary/aromatic N) is 3. The standard InChI is InChI=1S/C18H25N3O3/c1-4-12-21(13-5-2)17(22)11-10-16-19-20-18(24-16)14-6-8-15(23-3)9-7-14/h6-9H,4-5,10-13H2,1-3H3. The number of hydrogen-bond acceptors (Lipinski definition) is 5. The lowest BCUT2D eigenvalue weighted by Gasteiger charge is -2.21. The fraction of sp³-hybridized carbons (Fsp3) is 0.500. The largest absolute Gasteiger partial charge is 0.497 e. The molecule has 0 aliphatic heterocycles. The first-order valence-electron chi connectivity index (χ1n) is 8.42. The lowest BCUT2D eigenvalue weighted by atomic mass is 10.2. The first kappa shape index (κ1) is 18.0. The van der Waals surface area contributed by atoms with Crippen LogP contribution >= 0.6 is 0 Å². The number of methoxy groups -OCH3 is 1. The first-order chi connectivity index (χ1) is 11.7. The number of carbonyl (C=O) groups excluding carboxylic acids is 1. The highest BCUT2D eigenvalue weighted by Gasteiger charge is 2.14. The van der Waals surface area contributed by atoms with Gasteiger partial charge in [0.05, 0.1) is 7.11 Å². The zero-order chi connectivity index (χ0) is 17.4. The van der Waals surface area contributed by atoms with Crippen molar-refractivity contribution >= 4 is 5.91 Å². The van der Waals surface area contributed by atoms with Gasteiger partial charge in [-0.15, -0.1) is 10.2 Å². The highest BCUT2D eigenvalue weighted by Crippen LogP contribution is 2.21. The molecule has 0 aliphatic carbocycles. The Morgan fingerprint density at radius 3 is 2.38 bits per heavy atom. The Morgan fingerprint density at radius 1 is 1.12 bits per heavy atom. The van der Waals surface area contributed by atoms with Gasteiger partial charge in [0.1, 0.15) is 5.75 Å². The molecule has 0 saturated heterocycles. The second-order valence-electron chi connectivity index (χ2n) is 5.61. The molecule has 0 radical (unpaired) electrons. The molecule has 1 aromatic carbocycles. The average Bonchev–Trinajstić information content (AvgIpc) is 3.08. The van der Waals surface area contributed by atoms with Gasteiger partial charge in [-0.25, -0.2) is 0 Å². The molecule has 130 valence electrons. The molecule has 6 nitrogen and oxygen atoms in total. The van der Waals surface area contributed by atoms with Crippen molar-refractivity contribution in [2.24, 2.45) is 0 Å². The molecule has 0 bridgehead atoms. The van der Waals surface area contributed by atoms with Crippen molar-refractivity contribution in [3.63, 3.8) is 0 Å². The molecule has 0 spiro atoms. The summed E-state index contributed by atoms with van der Waals surface area (Å²) in [4.78, 5) is 14.2. The second-order valence-corrected chi connectivity index (χ2v) is 5.61. The normalized spacial score (nSPS) is 10.6. The van der Waals surface area contributed by atoms with Gasteiger partial charge < -0.3 is 14.1 Å². The van der Waals surface area contributed by atoms with Crippen molar-refractivity contribution < 1.29 is 13.9 Å². The molecule has 2 rings (SSSR count). The quantitative estimate of drug-likeness (QED) is 0.705. The predicted molar refractivity (Wildman–Crippen MR) is 91.8 cm³/mol. The van der Waals surface area contributed by atoms with Crippen LogP contribution in [0.4, 0.5) is 0 Å². The van der Waals surface area contributed by atoms with Gasteiger partial charge >= 0.3 is 0 Å². The zero-order valence-electron chi connectivity index (χ0n) is 14.6. The van der Waals surface area contributed by atoms with Crippen molar-refractivity contribution in [3.05, 3.63) is 30.2 Å². The van der Waals surface area contributed by atoms with E-state index in [9.17, 15) is 4.79 Å². The van der Waals surface area contributed by atoms with E-state index >= 15 is 0 Å². The van der Waals surface area contributed by atoms with Crippen LogP contribution in [0.15, 0.2) is 28.7 Å². The van der Waals surface area contributed by atoms with Gasteiger partial charge in [-0.3, -0.25) is 4.79 Å². The van der Waals surface area contributed by atoms with E-state index in [4.69, 9.17) is 9.15 Å². The number of aryl methyl sites for hydroxylation is 1. The Morgan fingerprint density at radius 2 is 1.79 bits per heavy atom. The topological polar surface area (TPSA) is 68.5 Å². The fourth-order valence-electron chi connectivity index (χ4n) is 2.48. The molecular weight excluding hydrogens is 306 g/mol. The molecule has 6 heteroatoms. The highest BCUT2D eigenvalue weighted by molar-refractivity contribution is 5.76. The Hall–Kier alpha value is -2.37. The maximum Gasteiger partial charge on any atom is 0.247 e. The van der Waals surface area contributed by atoms with Gasteiger partial charge in [-0.05, 0) is 37.1 Å². The second kappa shape index (κ2) is 9.05. The van der Waals surface area contributed by atoms with E-state index in [0.29, 0.717) is 24.6 Å². The maximum atomic E-state index is 12.3. The van der Waals surface area contributed by atoms with Crippen molar-refractivity contribution in [2.75, 3.05) is 20.2 Å². The molecule has 0 unspecified atom stereocenters. The van der Waals surface area contributed by atoms with E-state index in [1.165, 1.54) is 0 Å². The van der Waals surface area contributed by atoms with E-state index in [-0.39, 0.29) is 5.91 Å². The number of amides is 1. The summed E-state index contributed by atoms with van der Waals surface area (Å²) >= 11 is 0. The number of hydrogen-bond donors (Lipinski definition) is 0. The lowest BCUT2D eigenvalue weighted by Crippen LogP contribution is -2.32. The number of aromatic nitrogens is 2. The minimum absolute atomic E-state index is 0.142. The smallest absolute Gasteiger partial charge is 0.247 e.